The molecule has 1 fully saturated rings. The highest BCUT2D eigenvalue weighted by Crippen LogP contribution is 2.36. The highest BCUT2D eigenvalue weighted by Gasteiger charge is 2.47. The number of alkyl halides is 3. The molecule has 1 saturated heterocycles. The molecule has 0 saturated carbocycles. The molecule has 0 aromatic heterocycles. The SMILES string of the molecule is Cc1c(NC(=O)c2cccc(NN3C(=O)[C@@H]4CC=CC[C@H]4C3=O)c2)cccc1C(F)(F)F. The number of amides is 3. The van der Waals surface area contributed by atoms with E-state index < -0.39 is 29.5 Å². The number of carbonyl (C=O) groups is 3. The Kier molecular flexibility index (Phi) is 5.50. The number of nitrogens with one attached hydrogen (secondary N) is 2. The van der Waals surface area contributed by atoms with Crippen LogP contribution in [-0.2, 0) is 15.8 Å². The summed E-state index contributed by atoms with van der Waals surface area (Å²) < 4.78 is 39.4. The Labute approximate surface area is 182 Å². The number of halogens is 3. The molecule has 2 N–H and O–H groups in total. The van der Waals surface area contributed by atoms with Crippen LogP contribution in [0.5, 0.6) is 0 Å². The molecule has 0 bridgehead atoms. The van der Waals surface area contributed by atoms with Crippen LogP contribution < -0.4 is 10.7 Å². The number of imide groups is 1. The van der Waals surface area contributed by atoms with Crippen LogP contribution in [0.1, 0.15) is 34.3 Å². The van der Waals surface area contributed by atoms with E-state index in [-0.39, 0.29) is 28.6 Å². The van der Waals surface area contributed by atoms with Crippen molar-refractivity contribution in [2.45, 2.75) is 25.9 Å². The van der Waals surface area contributed by atoms with Gasteiger partial charge >= 0.3 is 6.18 Å². The molecule has 1 heterocycles. The first kappa shape index (κ1) is 21.6. The number of hydrogen-bond acceptors (Lipinski definition) is 4. The number of anilines is 2. The zero-order valence-corrected chi connectivity index (χ0v) is 17.1. The number of allylic oxidation sites excluding steroid dienone is 2. The summed E-state index contributed by atoms with van der Waals surface area (Å²) in [4.78, 5) is 37.9. The Bertz CT molecular complexity index is 1100. The van der Waals surface area contributed by atoms with Crippen LogP contribution in [0.2, 0.25) is 0 Å². The average molecular weight is 443 g/mol. The van der Waals surface area contributed by atoms with Gasteiger partial charge in [-0.3, -0.25) is 19.8 Å². The minimum atomic E-state index is -4.53. The first-order chi connectivity index (χ1) is 15.2. The van der Waals surface area contributed by atoms with E-state index in [0.717, 1.165) is 11.1 Å². The smallest absolute Gasteiger partial charge is 0.322 e. The second-order valence-corrected chi connectivity index (χ2v) is 7.79. The summed E-state index contributed by atoms with van der Waals surface area (Å²) in [6.45, 7) is 1.29. The lowest BCUT2D eigenvalue weighted by Crippen LogP contribution is -2.36. The van der Waals surface area contributed by atoms with Crippen LogP contribution >= 0.6 is 0 Å². The lowest BCUT2D eigenvalue weighted by atomic mass is 9.85. The van der Waals surface area contributed by atoms with Crippen molar-refractivity contribution in [1.82, 2.24) is 5.01 Å². The van der Waals surface area contributed by atoms with E-state index in [9.17, 15) is 27.6 Å². The fourth-order valence-corrected chi connectivity index (χ4v) is 4.04. The molecule has 4 rings (SSSR count). The molecule has 166 valence electrons. The van der Waals surface area contributed by atoms with Gasteiger partial charge in [0.2, 0.25) is 0 Å². The van der Waals surface area contributed by atoms with Crippen molar-refractivity contribution in [3.8, 4) is 0 Å². The Morgan fingerprint density at radius 1 is 1.00 bits per heavy atom. The number of hydrogen-bond donors (Lipinski definition) is 2. The molecule has 2 aliphatic rings. The van der Waals surface area contributed by atoms with E-state index in [2.05, 4.69) is 10.7 Å². The molecular formula is C23H20F3N3O3. The molecule has 0 unspecified atom stereocenters. The third-order valence-electron chi connectivity index (χ3n) is 5.76. The molecule has 0 radical (unpaired) electrons. The van der Waals surface area contributed by atoms with Crippen molar-refractivity contribution in [2.24, 2.45) is 11.8 Å². The van der Waals surface area contributed by atoms with Crippen LogP contribution in [0.4, 0.5) is 24.5 Å². The second-order valence-electron chi connectivity index (χ2n) is 7.79. The topological polar surface area (TPSA) is 78.5 Å². The molecule has 3 amide bonds. The standard InChI is InChI=1S/C23H20F3N3O3/c1-13-18(23(24,25)26)10-5-11-19(13)27-20(30)14-6-4-7-15(12-14)28-29-21(31)16-8-2-3-9-17(16)22(29)32/h2-7,10-12,16-17,28H,8-9H2,1H3,(H,27,30)/t16-,17-/m1/s1. The normalized spacial score (nSPS) is 20.3. The number of fused-ring (bicyclic) bond motifs is 1. The largest absolute Gasteiger partial charge is 0.416 e. The molecule has 1 aliphatic carbocycles. The lowest BCUT2D eigenvalue weighted by molar-refractivity contribution is -0.139. The molecule has 32 heavy (non-hydrogen) atoms. The summed E-state index contributed by atoms with van der Waals surface area (Å²) in [5, 5.41) is 3.48. The van der Waals surface area contributed by atoms with Gasteiger partial charge in [-0.1, -0.05) is 24.3 Å². The molecular weight excluding hydrogens is 423 g/mol. The van der Waals surface area contributed by atoms with Gasteiger partial charge in [0.25, 0.3) is 17.7 Å². The zero-order chi connectivity index (χ0) is 23.0. The third kappa shape index (κ3) is 3.98. The van der Waals surface area contributed by atoms with Gasteiger partial charge in [0.1, 0.15) is 0 Å². The summed E-state index contributed by atoms with van der Waals surface area (Å²) in [6.07, 6.45) is 0.252. The molecule has 2 atom stereocenters. The van der Waals surface area contributed by atoms with Crippen LogP contribution in [0.15, 0.2) is 54.6 Å². The fraction of sp³-hybridized carbons (Fsp3) is 0.261. The molecule has 1 aliphatic heterocycles. The summed E-state index contributed by atoms with van der Waals surface area (Å²) in [5.74, 6) is -2.05. The highest BCUT2D eigenvalue weighted by atomic mass is 19.4. The van der Waals surface area contributed by atoms with Crippen molar-refractivity contribution in [2.75, 3.05) is 10.7 Å². The van der Waals surface area contributed by atoms with E-state index >= 15 is 0 Å². The van der Waals surface area contributed by atoms with Gasteiger partial charge in [-0.15, -0.1) is 0 Å². The number of rotatable bonds is 4. The van der Waals surface area contributed by atoms with E-state index in [1.165, 1.54) is 31.2 Å². The predicted molar refractivity (Wildman–Crippen MR) is 111 cm³/mol. The van der Waals surface area contributed by atoms with Gasteiger partial charge in [0.15, 0.2) is 0 Å². The van der Waals surface area contributed by atoms with Crippen molar-refractivity contribution in [1.29, 1.82) is 0 Å². The molecule has 2 aromatic carbocycles. The first-order valence-electron chi connectivity index (χ1n) is 10.0. The Morgan fingerprint density at radius 3 is 2.25 bits per heavy atom. The van der Waals surface area contributed by atoms with E-state index in [0.29, 0.717) is 18.5 Å². The van der Waals surface area contributed by atoms with Gasteiger partial charge in [0.05, 0.1) is 23.1 Å². The summed E-state index contributed by atoms with van der Waals surface area (Å²) in [6, 6.07) is 9.62. The van der Waals surface area contributed by atoms with Crippen molar-refractivity contribution >= 4 is 29.1 Å². The van der Waals surface area contributed by atoms with E-state index in [1.807, 2.05) is 12.2 Å². The third-order valence-corrected chi connectivity index (χ3v) is 5.76. The lowest BCUT2D eigenvalue weighted by Gasteiger charge is -2.18. The maximum atomic E-state index is 13.1. The van der Waals surface area contributed by atoms with Gasteiger partial charge < -0.3 is 5.32 Å². The molecule has 9 heteroatoms. The van der Waals surface area contributed by atoms with E-state index in [4.69, 9.17) is 0 Å². The maximum Gasteiger partial charge on any atom is 0.416 e. The fourth-order valence-electron chi connectivity index (χ4n) is 4.04. The Morgan fingerprint density at radius 2 is 1.62 bits per heavy atom. The van der Waals surface area contributed by atoms with Crippen LogP contribution in [0.3, 0.4) is 0 Å². The zero-order valence-electron chi connectivity index (χ0n) is 17.1. The summed E-state index contributed by atoms with van der Waals surface area (Å²) in [7, 11) is 0. The van der Waals surface area contributed by atoms with E-state index in [1.54, 1.807) is 12.1 Å². The molecule has 0 spiro atoms. The Balaban J connectivity index is 1.51. The van der Waals surface area contributed by atoms with Crippen molar-refractivity contribution in [3.63, 3.8) is 0 Å². The number of hydrazine groups is 1. The monoisotopic (exact) mass is 443 g/mol. The summed E-state index contributed by atoms with van der Waals surface area (Å²) >= 11 is 0. The predicted octanol–water partition coefficient (Wildman–Crippen LogP) is 4.54. The second kappa shape index (κ2) is 8.14. The Hall–Kier alpha value is -3.62. The first-order valence-corrected chi connectivity index (χ1v) is 10.0. The molecule has 2 aromatic rings. The van der Waals surface area contributed by atoms with Crippen molar-refractivity contribution in [3.05, 3.63) is 71.3 Å². The highest BCUT2D eigenvalue weighted by molar-refractivity contribution is 6.07. The summed E-state index contributed by atoms with van der Waals surface area (Å²) in [5.41, 5.74) is 2.40. The van der Waals surface area contributed by atoms with Gasteiger partial charge in [-0.2, -0.15) is 18.2 Å². The van der Waals surface area contributed by atoms with Crippen LogP contribution in [0, 0.1) is 18.8 Å². The van der Waals surface area contributed by atoms with Gasteiger partial charge in [-0.25, -0.2) is 0 Å². The minimum Gasteiger partial charge on any atom is -0.322 e. The number of nitrogens with zero attached hydrogens (tertiary/aromatic N) is 1. The minimum absolute atomic E-state index is 0.0460. The van der Waals surface area contributed by atoms with Gasteiger partial charge in [-0.05, 0) is 55.7 Å². The average Bonchev–Trinajstić information content (AvgIpc) is 3.00. The number of carbonyl (C=O) groups excluding carboxylic acids is 3. The van der Waals surface area contributed by atoms with Gasteiger partial charge in [0, 0.05) is 11.3 Å². The number of benzene rings is 2. The maximum absolute atomic E-state index is 13.1. The van der Waals surface area contributed by atoms with Crippen LogP contribution in [0.25, 0.3) is 0 Å². The van der Waals surface area contributed by atoms with Crippen molar-refractivity contribution < 1.29 is 27.6 Å². The van der Waals surface area contributed by atoms with Crippen LogP contribution in [-0.4, -0.2) is 22.7 Å². The quantitative estimate of drug-likeness (QED) is 0.537. The molecule has 6 nitrogen and oxygen atoms in total.